The number of hydrogen-bond donors (Lipinski definition) is 0. The normalized spacial score (nSPS) is 13.4. The van der Waals surface area contributed by atoms with Gasteiger partial charge in [-0.15, -0.1) is 0 Å². The highest BCUT2D eigenvalue weighted by Crippen LogP contribution is 2.07. The van der Waals surface area contributed by atoms with Crippen LogP contribution in [0, 0.1) is 5.92 Å². The van der Waals surface area contributed by atoms with Gasteiger partial charge in [0.15, 0.2) is 0 Å². The molecule has 1 unspecified atom stereocenters. The Labute approximate surface area is 55.0 Å². The Morgan fingerprint density at radius 2 is 2.25 bits per heavy atom. The molecule has 2 heteroatoms. The Kier molecular flexibility index (Phi) is 3.88. The first-order chi connectivity index (χ1) is 3.68. The maximum Gasteiger partial charge on any atom is 0.224 e. The number of carbonyl (C=O) groups excluding carboxylic acids is 1. The summed E-state index contributed by atoms with van der Waals surface area (Å²) in [5, 5.41) is -0.216. The van der Waals surface area contributed by atoms with Crippen molar-refractivity contribution in [3.05, 3.63) is 0 Å². The SMILES string of the molecule is CCCC(C)C(=O)Cl. The second-order valence-corrected chi connectivity index (χ2v) is 2.37. The fourth-order valence-electron chi connectivity index (χ4n) is 0.546. The van der Waals surface area contributed by atoms with Gasteiger partial charge in [-0.3, -0.25) is 4.79 Å². The molecule has 1 atom stereocenters. The molecule has 0 aromatic rings. The molecule has 0 saturated heterocycles. The molecule has 0 saturated carbocycles. The van der Waals surface area contributed by atoms with Crippen LogP contribution < -0.4 is 0 Å². The first-order valence-corrected chi connectivity index (χ1v) is 3.25. The van der Waals surface area contributed by atoms with Crippen molar-refractivity contribution < 1.29 is 4.79 Å². The highest BCUT2D eigenvalue weighted by atomic mass is 35.5. The Morgan fingerprint density at radius 1 is 1.75 bits per heavy atom. The van der Waals surface area contributed by atoms with E-state index >= 15 is 0 Å². The predicted molar refractivity (Wildman–Crippen MR) is 34.9 cm³/mol. The summed E-state index contributed by atoms with van der Waals surface area (Å²) in [6, 6.07) is 0. The molecule has 0 heterocycles. The lowest BCUT2D eigenvalue weighted by Gasteiger charge is -1.99. The van der Waals surface area contributed by atoms with Crippen molar-refractivity contribution >= 4 is 16.8 Å². The van der Waals surface area contributed by atoms with E-state index in [4.69, 9.17) is 11.6 Å². The first kappa shape index (κ1) is 7.96. The lowest BCUT2D eigenvalue weighted by molar-refractivity contribution is -0.114. The van der Waals surface area contributed by atoms with Crippen molar-refractivity contribution in [2.75, 3.05) is 0 Å². The van der Waals surface area contributed by atoms with E-state index in [0.29, 0.717) is 0 Å². The van der Waals surface area contributed by atoms with Gasteiger partial charge in [0.1, 0.15) is 0 Å². The minimum Gasteiger partial charge on any atom is -0.281 e. The molecule has 0 aliphatic rings. The van der Waals surface area contributed by atoms with E-state index in [2.05, 4.69) is 0 Å². The van der Waals surface area contributed by atoms with Crippen molar-refractivity contribution in [1.29, 1.82) is 0 Å². The van der Waals surface area contributed by atoms with Crippen LogP contribution in [0.25, 0.3) is 0 Å². The minimum absolute atomic E-state index is 0.0432. The van der Waals surface area contributed by atoms with Crippen LogP contribution >= 0.6 is 11.6 Å². The number of halogens is 1. The standard InChI is InChI=1S/C6H11ClO/c1-3-4-5(2)6(7)8/h5H,3-4H2,1-2H3. The van der Waals surface area contributed by atoms with E-state index in [0.717, 1.165) is 12.8 Å². The summed E-state index contributed by atoms with van der Waals surface area (Å²) in [5.41, 5.74) is 0. The monoisotopic (exact) mass is 134 g/mol. The zero-order valence-corrected chi connectivity index (χ0v) is 6.03. The molecule has 0 aromatic heterocycles. The number of carbonyl (C=O) groups is 1. The molecular formula is C6H11ClO. The van der Waals surface area contributed by atoms with Crippen LogP contribution in [-0.2, 0) is 4.79 Å². The molecule has 0 fully saturated rings. The zero-order valence-electron chi connectivity index (χ0n) is 5.28. The van der Waals surface area contributed by atoms with Gasteiger partial charge in [0.05, 0.1) is 0 Å². The molecular weight excluding hydrogens is 124 g/mol. The Hall–Kier alpha value is -0.0400. The van der Waals surface area contributed by atoms with E-state index in [9.17, 15) is 4.79 Å². The van der Waals surface area contributed by atoms with Crippen LogP contribution in [0.4, 0.5) is 0 Å². The summed E-state index contributed by atoms with van der Waals surface area (Å²) in [4.78, 5) is 10.3. The van der Waals surface area contributed by atoms with Crippen LogP contribution in [0.15, 0.2) is 0 Å². The van der Waals surface area contributed by atoms with Crippen LogP contribution in [0.3, 0.4) is 0 Å². The smallest absolute Gasteiger partial charge is 0.224 e. The average molecular weight is 135 g/mol. The van der Waals surface area contributed by atoms with Gasteiger partial charge in [-0.05, 0) is 18.0 Å². The summed E-state index contributed by atoms with van der Waals surface area (Å²) < 4.78 is 0. The third kappa shape index (κ3) is 3.03. The number of rotatable bonds is 3. The van der Waals surface area contributed by atoms with Gasteiger partial charge in [-0.2, -0.15) is 0 Å². The Balaban J connectivity index is 3.32. The lowest BCUT2D eigenvalue weighted by Crippen LogP contribution is -2.01. The molecule has 0 aromatic carbocycles. The van der Waals surface area contributed by atoms with Crippen LogP contribution in [0.2, 0.25) is 0 Å². The van der Waals surface area contributed by atoms with Crippen molar-refractivity contribution in [2.45, 2.75) is 26.7 Å². The molecule has 8 heavy (non-hydrogen) atoms. The zero-order chi connectivity index (χ0) is 6.57. The van der Waals surface area contributed by atoms with Gasteiger partial charge >= 0.3 is 0 Å². The van der Waals surface area contributed by atoms with Gasteiger partial charge in [-0.1, -0.05) is 20.3 Å². The quantitative estimate of drug-likeness (QED) is 0.541. The second-order valence-electron chi connectivity index (χ2n) is 1.99. The topological polar surface area (TPSA) is 17.1 Å². The predicted octanol–water partition coefficient (Wildman–Crippen LogP) is 2.19. The molecule has 0 aliphatic heterocycles. The second kappa shape index (κ2) is 3.90. The van der Waals surface area contributed by atoms with E-state index < -0.39 is 0 Å². The van der Waals surface area contributed by atoms with Gasteiger partial charge in [-0.25, -0.2) is 0 Å². The summed E-state index contributed by atoms with van der Waals surface area (Å²) in [5.74, 6) is 0.0432. The van der Waals surface area contributed by atoms with E-state index in [-0.39, 0.29) is 11.2 Å². The van der Waals surface area contributed by atoms with E-state index in [1.807, 2.05) is 13.8 Å². The Bertz CT molecular complexity index is 80.6. The van der Waals surface area contributed by atoms with Crippen molar-refractivity contribution in [2.24, 2.45) is 5.92 Å². The maximum atomic E-state index is 10.3. The lowest BCUT2D eigenvalue weighted by atomic mass is 10.1. The third-order valence-corrected chi connectivity index (χ3v) is 1.48. The van der Waals surface area contributed by atoms with E-state index in [1.54, 1.807) is 0 Å². The number of hydrogen-bond acceptors (Lipinski definition) is 1. The Morgan fingerprint density at radius 3 is 2.38 bits per heavy atom. The largest absolute Gasteiger partial charge is 0.281 e. The van der Waals surface area contributed by atoms with Gasteiger partial charge in [0.2, 0.25) is 5.24 Å². The highest BCUT2D eigenvalue weighted by molar-refractivity contribution is 6.63. The summed E-state index contributed by atoms with van der Waals surface area (Å²) >= 11 is 5.17. The van der Waals surface area contributed by atoms with Crippen LogP contribution in [0.1, 0.15) is 26.7 Å². The van der Waals surface area contributed by atoms with Gasteiger partial charge in [0, 0.05) is 5.92 Å². The highest BCUT2D eigenvalue weighted by Gasteiger charge is 2.06. The maximum absolute atomic E-state index is 10.3. The molecule has 48 valence electrons. The van der Waals surface area contributed by atoms with Crippen LogP contribution in [0.5, 0.6) is 0 Å². The molecule has 0 aliphatic carbocycles. The fourth-order valence-corrected chi connectivity index (χ4v) is 0.656. The molecule has 0 rings (SSSR count). The average Bonchev–Trinajstić information content (AvgIpc) is 1.67. The molecule has 0 bridgehead atoms. The van der Waals surface area contributed by atoms with Crippen molar-refractivity contribution in [3.8, 4) is 0 Å². The molecule has 1 nitrogen and oxygen atoms in total. The summed E-state index contributed by atoms with van der Waals surface area (Å²) in [7, 11) is 0. The summed E-state index contributed by atoms with van der Waals surface area (Å²) in [6.07, 6.45) is 1.93. The third-order valence-electron chi connectivity index (χ3n) is 1.11. The molecule has 0 spiro atoms. The van der Waals surface area contributed by atoms with E-state index in [1.165, 1.54) is 0 Å². The van der Waals surface area contributed by atoms with Crippen molar-refractivity contribution in [1.82, 2.24) is 0 Å². The van der Waals surface area contributed by atoms with Crippen LogP contribution in [-0.4, -0.2) is 5.24 Å². The molecule has 0 radical (unpaired) electrons. The van der Waals surface area contributed by atoms with Crippen molar-refractivity contribution in [3.63, 3.8) is 0 Å². The summed E-state index contributed by atoms with van der Waals surface area (Å²) in [6.45, 7) is 3.88. The first-order valence-electron chi connectivity index (χ1n) is 2.87. The fraction of sp³-hybridized carbons (Fsp3) is 0.833. The molecule has 0 N–H and O–H groups in total. The van der Waals surface area contributed by atoms with Gasteiger partial charge < -0.3 is 0 Å². The molecule has 0 amide bonds. The minimum atomic E-state index is -0.216. The van der Waals surface area contributed by atoms with Gasteiger partial charge in [0.25, 0.3) is 0 Å².